The Morgan fingerprint density at radius 3 is 2.78 bits per heavy atom. The largest absolute Gasteiger partial charge is 0.399 e. The molecule has 0 unspecified atom stereocenters. The third-order valence-corrected chi connectivity index (χ3v) is 5.06. The fourth-order valence-electron chi connectivity index (χ4n) is 2.24. The van der Waals surface area contributed by atoms with E-state index in [1.165, 1.54) is 9.87 Å². The lowest BCUT2D eigenvalue weighted by atomic mass is 10.0. The summed E-state index contributed by atoms with van der Waals surface area (Å²) >= 11 is 0. The van der Waals surface area contributed by atoms with Crippen molar-refractivity contribution in [3.8, 4) is 0 Å². The predicted molar refractivity (Wildman–Crippen MR) is 70.0 cm³/mol. The Kier molecular flexibility index (Phi) is 2.80. The summed E-state index contributed by atoms with van der Waals surface area (Å²) in [5.41, 5.74) is 8.64. The van der Waals surface area contributed by atoms with Crippen molar-refractivity contribution < 1.29 is 8.42 Å². The molecule has 0 atom stereocenters. The fraction of sp³-hybridized carbons (Fsp3) is 0.500. The van der Waals surface area contributed by atoms with Crippen LogP contribution >= 0.6 is 0 Å². The predicted octanol–water partition coefficient (Wildman–Crippen LogP) is 0.624. The average molecular weight is 267 g/mol. The molecule has 6 heteroatoms. The van der Waals surface area contributed by atoms with Crippen molar-refractivity contribution in [1.82, 2.24) is 9.03 Å². The summed E-state index contributed by atoms with van der Waals surface area (Å²) < 4.78 is 28.4. The van der Waals surface area contributed by atoms with Gasteiger partial charge in [-0.1, -0.05) is 6.07 Å². The molecule has 5 nitrogen and oxygen atoms in total. The van der Waals surface area contributed by atoms with Crippen LogP contribution in [-0.2, 0) is 23.2 Å². The van der Waals surface area contributed by atoms with Crippen LogP contribution in [0.4, 0.5) is 5.69 Å². The topological polar surface area (TPSA) is 75.4 Å². The lowest BCUT2D eigenvalue weighted by Gasteiger charge is -2.28. The first-order valence-corrected chi connectivity index (χ1v) is 7.63. The van der Waals surface area contributed by atoms with Gasteiger partial charge in [-0.2, -0.15) is 17.4 Å². The summed E-state index contributed by atoms with van der Waals surface area (Å²) in [6.07, 6.45) is 2.66. The number of hydrogen-bond acceptors (Lipinski definition) is 3. The molecule has 2 aliphatic rings. The molecule has 1 heterocycles. The van der Waals surface area contributed by atoms with Gasteiger partial charge in [0.15, 0.2) is 0 Å². The Balaban J connectivity index is 1.81. The smallest absolute Gasteiger partial charge is 0.280 e. The average Bonchev–Trinajstić information content (AvgIpc) is 3.11. The third-order valence-electron chi connectivity index (χ3n) is 3.44. The van der Waals surface area contributed by atoms with Crippen LogP contribution in [0.25, 0.3) is 0 Å². The quantitative estimate of drug-likeness (QED) is 0.788. The summed E-state index contributed by atoms with van der Waals surface area (Å²) in [5, 5.41) is 0. The van der Waals surface area contributed by atoms with E-state index in [1.807, 2.05) is 18.2 Å². The zero-order valence-corrected chi connectivity index (χ0v) is 10.9. The second-order valence-electron chi connectivity index (χ2n) is 5.01. The number of nitrogens with zero attached hydrogens (tertiary/aromatic N) is 1. The molecule has 1 aliphatic carbocycles. The fourth-order valence-corrected chi connectivity index (χ4v) is 3.69. The summed E-state index contributed by atoms with van der Waals surface area (Å²) in [5.74, 6) is 0. The maximum atomic E-state index is 12.1. The van der Waals surface area contributed by atoms with Crippen LogP contribution < -0.4 is 10.5 Å². The van der Waals surface area contributed by atoms with Gasteiger partial charge in [0, 0.05) is 24.8 Å². The maximum absolute atomic E-state index is 12.1. The van der Waals surface area contributed by atoms with E-state index in [9.17, 15) is 8.42 Å². The molecule has 0 bridgehead atoms. The number of anilines is 1. The van der Waals surface area contributed by atoms with Crippen LogP contribution in [0.15, 0.2) is 18.2 Å². The molecular formula is C12H17N3O2S. The molecule has 3 rings (SSSR count). The van der Waals surface area contributed by atoms with E-state index in [1.54, 1.807) is 0 Å². The van der Waals surface area contributed by atoms with Gasteiger partial charge in [0.25, 0.3) is 10.2 Å². The molecule has 1 fully saturated rings. The number of benzene rings is 1. The van der Waals surface area contributed by atoms with Crippen LogP contribution in [0.2, 0.25) is 0 Å². The highest BCUT2D eigenvalue weighted by atomic mass is 32.2. The number of hydrogen-bond donors (Lipinski definition) is 2. The molecule has 0 radical (unpaired) electrons. The van der Waals surface area contributed by atoms with Gasteiger partial charge in [-0.05, 0) is 42.5 Å². The molecule has 18 heavy (non-hydrogen) atoms. The summed E-state index contributed by atoms with van der Waals surface area (Å²) in [7, 11) is -3.33. The normalized spacial score (nSPS) is 20.7. The molecular weight excluding hydrogens is 250 g/mol. The molecule has 1 saturated carbocycles. The molecule has 0 amide bonds. The van der Waals surface area contributed by atoms with Gasteiger partial charge in [0.1, 0.15) is 0 Å². The Morgan fingerprint density at radius 1 is 1.28 bits per heavy atom. The number of nitrogens with two attached hydrogens (primary N) is 1. The van der Waals surface area contributed by atoms with Gasteiger partial charge in [-0.15, -0.1) is 0 Å². The highest BCUT2D eigenvalue weighted by Gasteiger charge is 2.32. The first-order valence-electron chi connectivity index (χ1n) is 6.19. The summed E-state index contributed by atoms with van der Waals surface area (Å²) in [6, 6.07) is 5.87. The lowest BCUT2D eigenvalue weighted by Crippen LogP contribution is -2.44. The number of nitrogen functional groups attached to an aromatic ring is 1. The molecule has 0 saturated heterocycles. The Morgan fingerprint density at radius 2 is 2.06 bits per heavy atom. The van der Waals surface area contributed by atoms with Gasteiger partial charge in [-0.25, -0.2) is 0 Å². The molecule has 98 valence electrons. The van der Waals surface area contributed by atoms with Crippen LogP contribution in [0, 0.1) is 0 Å². The second kappa shape index (κ2) is 4.22. The zero-order valence-electron chi connectivity index (χ0n) is 10.1. The van der Waals surface area contributed by atoms with E-state index >= 15 is 0 Å². The Bertz CT molecular complexity index is 567. The minimum absolute atomic E-state index is 0.150. The van der Waals surface area contributed by atoms with Gasteiger partial charge in [-0.3, -0.25) is 0 Å². The SMILES string of the molecule is Nc1ccc2c(c1)CN(S(=O)(=O)NC1CC1)CC2. The molecule has 1 aliphatic heterocycles. The minimum atomic E-state index is -3.33. The van der Waals surface area contributed by atoms with Crippen molar-refractivity contribution in [2.45, 2.75) is 31.8 Å². The monoisotopic (exact) mass is 267 g/mol. The van der Waals surface area contributed by atoms with E-state index in [4.69, 9.17) is 5.73 Å². The summed E-state index contributed by atoms with van der Waals surface area (Å²) in [4.78, 5) is 0. The highest BCUT2D eigenvalue weighted by molar-refractivity contribution is 7.87. The van der Waals surface area contributed by atoms with Crippen molar-refractivity contribution in [2.75, 3.05) is 12.3 Å². The van der Waals surface area contributed by atoms with E-state index in [2.05, 4.69) is 4.72 Å². The van der Waals surface area contributed by atoms with Crippen molar-refractivity contribution in [2.24, 2.45) is 0 Å². The molecule has 1 aromatic rings. The molecule has 0 aromatic heterocycles. The molecule has 1 aromatic carbocycles. The van der Waals surface area contributed by atoms with E-state index in [0.29, 0.717) is 18.8 Å². The van der Waals surface area contributed by atoms with Gasteiger partial charge < -0.3 is 5.73 Å². The van der Waals surface area contributed by atoms with Crippen molar-refractivity contribution in [3.05, 3.63) is 29.3 Å². The first kappa shape index (κ1) is 12.0. The molecule has 3 N–H and O–H groups in total. The number of fused-ring (bicyclic) bond motifs is 1. The maximum Gasteiger partial charge on any atom is 0.280 e. The number of rotatable bonds is 3. The van der Waals surface area contributed by atoms with Crippen LogP contribution in [0.1, 0.15) is 24.0 Å². The van der Waals surface area contributed by atoms with Gasteiger partial charge >= 0.3 is 0 Å². The van der Waals surface area contributed by atoms with Crippen LogP contribution in [-0.4, -0.2) is 25.3 Å². The third kappa shape index (κ3) is 2.36. The zero-order chi connectivity index (χ0) is 12.8. The Labute approximate surface area is 107 Å². The number of nitrogens with one attached hydrogen (secondary N) is 1. The van der Waals surface area contributed by atoms with Crippen molar-refractivity contribution >= 4 is 15.9 Å². The van der Waals surface area contributed by atoms with Gasteiger partial charge in [0.2, 0.25) is 0 Å². The summed E-state index contributed by atoms with van der Waals surface area (Å²) in [6.45, 7) is 0.960. The van der Waals surface area contributed by atoms with Crippen LogP contribution in [0.3, 0.4) is 0 Å². The highest BCUT2D eigenvalue weighted by Crippen LogP contribution is 2.25. The van der Waals surface area contributed by atoms with Gasteiger partial charge in [0.05, 0.1) is 0 Å². The van der Waals surface area contributed by atoms with Crippen molar-refractivity contribution in [1.29, 1.82) is 0 Å². The first-order chi connectivity index (χ1) is 8.54. The van der Waals surface area contributed by atoms with E-state index in [-0.39, 0.29) is 6.04 Å². The Hall–Kier alpha value is -1.11. The minimum Gasteiger partial charge on any atom is -0.399 e. The standard InChI is InChI=1S/C12H17N3O2S/c13-11-2-1-9-5-6-15(8-10(9)7-11)18(16,17)14-12-3-4-12/h1-2,7,12,14H,3-6,8,13H2. The van der Waals surface area contributed by atoms with Crippen LogP contribution in [0.5, 0.6) is 0 Å². The van der Waals surface area contributed by atoms with E-state index in [0.717, 1.165) is 24.8 Å². The van der Waals surface area contributed by atoms with Crippen molar-refractivity contribution in [3.63, 3.8) is 0 Å². The van der Waals surface area contributed by atoms with E-state index < -0.39 is 10.2 Å². The second-order valence-corrected chi connectivity index (χ2v) is 6.71. The lowest BCUT2D eigenvalue weighted by molar-refractivity contribution is 0.384. The molecule has 0 spiro atoms.